The summed E-state index contributed by atoms with van der Waals surface area (Å²) in [5.41, 5.74) is 11.6. The summed E-state index contributed by atoms with van der Waals surface area (Å²) < 4.78 is 0. The second-order valence-corrected chi connectivity index (χ2v) is 5.50. The SMILES string of the molecule is Cc1cccc(-c2nnc3n[nH]c(N)c3c2-c2ccccc2)c1. The predicted octanol–water partition coefficient (Wildman–Crippen LogP) is 3.58. The summed E-state index contributed by atoms with van der Waals surface area (Å²) in [4.78, 5) is 0. The quantitative estimate of drug-likeness (QED) is 0.593. The number of nitrogens with one attached hydrogen (secondary N) is 1. The molecule has 5 nitrogen and oxygen atoms in total. The van der Waals surface area contributed by atoms with E-state index in [0.29, 0.717) is 11.5 Å². The molecule has 0 amide bonds. The van der Waals surface area contributed by atoms with Crippen molar-refractivity contribution in [3.05, 3.63) is 60.2 Å². The number of anilines is 1. The lowest BCUT2D eigenvalue weighted by atomic mass is 9.96. The maximum absolute atomic E-state index is 6.11. The van der Waals surface area contributed by atoms with Crippen LogP contribution in [-0.4, -0.2) is 20.4 Å². The first-order chi connectivity index (χ1) is 11.2. The summed E-state index contributed by atoms with van der Waals surface area (Å²) >= 11 is 0. The molecule has 0 spiro atoms. The molecule has 0 aliphatic heterocycles. The van der Waals surface area contributed by atoms with Crippen LogP contribution in [0.3, 0.4) is 0 Å². The van der Waals surface area contributed by atoms with Gasteiger partial charge >= 0.3 is 0 Å². The number of aromatic amines is 1. The van der Waals surface area contributed by atoms with Crippen LogP contribution in [0.2, 0.25) is 0 Å². The second kappa shape index (κ2) is 5.21. The number of H-pyrrole nitrogens is 1. The third-order valence-corrected chi connectivity index (χ3v) is 3.86. The van der Waals surface area contributed by atoms with Crippen molar-refractivity contribution in [1.82, 2.24) is 20.4 Å². The molecule has 2 aromatic heterocycles. The van der Waals surface area contributed by atoms with Gasteiger partial charge in [0, 0.05) is 11.1 Å². The Labute approximate surface area is 133 Å². The van der Waals surface area contributed by atoms with Crippen LogP contribution in [0, 0.1) is 6.92 Å². The molecule has 112 valence electrons. The van der Waals surface area contributed by atoms with Gasteiger partial charge < -0.3 is 5.73 Å². The molecule has 0 aliphatic rings. The summed E-state index contributed by atoms with van der Waals surface area (Å²) in [6, 6.07) is 18.3. The molecule has 0 saturated heterocycles. The molecule has 0 radical (unpaired) electrons. The fraction of sp³-hybridized carbons (Fsp3) is 0.0556. The molecule has 3 N–H and O–H groups in total. The fourth-order valence-electron chi connectivity index (χ4n) is 2.81. The molecule has 5 heteroatoms. The van der Waals surface area contributed by atoms with E-state index < -0.39 is 0 Å². The number of nitrogen functional groups attached to an aromatic ring is 1. The minimum atomic E-state index is 0.502. The number of nitrogens with two attached hydrogens (primary N) is 1. The number of nitrogens with zero attached hydrogens (tertiary/aromatic N) is 3. The van der Waals surface area contributed by atoms with Gasteiger partial charge in [-0.25, -0.2) is 0 Å². The molecule has 0 saturated carbocycles. The Hall–Kier alpha value is -3.21. The maximum atomic E-state index is 6.11. The van der Waals surface area contributed by atoms with Crippen LogP contribution in [0.5, 0.6) is 0 Å². The van der Waals surface area contributed by atoms with Gasteiger partial charge in [-0.2, -0.15) is 5.10 Å². The zero-order valence-electron chi connectivity index (χ0n) is 12.6. The Balaban J connectivity index is 2.10. The summed E-state index contributed by atoms with van der Waals surface area (Å²) in [6.07, 6.45) is 0. The Morgan fingerprint density at radius 2 is 1.70 bits per heavy atom. The van der Waals surface area contributed by atoms with Gasteiger partial charge in [-0.1, -0.05) is 54.1 Å². The standard InChI is InChI=1S/C18H15N5/c1-11-6-5-9-13(10-11)16-14(12-7-3-2-4-8-12)15-17(19)21-23-18(15)22-20-16/h2-10H,1H3,(H3,19,21,22,23). The lowest BCUT2D eigenvalue weighted by molar-refractivity contribution is 1.03. The zero-order chi connectivity index (χ0) is 15.8. The number of hydrogen-bond acceptors (Lipinski definition) is 4. The van der Waals surface area contributed by atoms with Crippen molar-refractivity contribution >= 4 is 16.9 Å². The average molecular weight is 301 g/mol. The van der Waals surface area contributed by atoms with Crippen LogP contribution >= 0.6 is 0 Å². The van der Waals surface area contributed by atoms with Gasteiger partial charge in [-0.15, -0.1) is 10.2 Å². The number of hydrogen-bond donors (Lipinski definition) is 2. The van der Waals surface area contributed by atoms with Gasteiger partial charge in [-0.05, 0) is 18.6 Å². The molecule has 0 unspecified atom stereocenters. The Morgan fingerprint density at radius 3 is 2.48 bits per heavy atom. The molecule has 23 heavy (non-hydrogen) atoms. The third-order valence-electron chi connectivity index (χ3n) is 3.86. The summed E-state index contributed by atoms with van der Waals surface area (Å²) in [6.45, 7) is 2.06. The molecular weight excluding hydrogens is 286 g/mol. The lowest BCUT2D eigenvalue weighted by Gasteiger charge is -2.10. The smallest absolute Gasteiger partial charge is 0.205 e. The number of benzene rings is 2. The van der Waals surface area contributed by atoms with Crippen LogP contribution < -0.4 is 5.73 Å². The summed E-state index contributed by atoms with van der Waals surface area (Å²) in [7, 11) is 0. The van der Waals surface area contributed by atoms with Crippen LogP contribution in [0.15, 0.2) is 54.6 Å². The van der Waals surface area contributed by atoms with Crippen molar-refractivity contribution in [2.75, 3.05) is 5.73 Å². The van der Waals surface area contributed by atoms with Crippen LogP contribution in [0.4, 0.5) is 5.82 Å². The monoisotopic (exact) mass is 301 g/mol. The van der Waals surface area contributed by atoms with E-state index in [-0.39, 0.29) is 0 Å². The predicted molar refractivity (Wildman–Crippen MR) is 91.7 cm³/mol. The van der Waals surface area contributed by atoms with E-state index >= 15 is 0 Å². The van der Waals surface area contributed by atoms with E-state index in [4.69, 9.17) is 5.73 Å². The highest BCUT2D eigenvalue weighted by Crippen LogP contribution is 2.37. The van der Waals surface area contributed by atoms with Crippen molar-refractivity contribution < 1.29 is 0 Å². The van der Waals surface area contributed by atoms with Crippen molar-refractivity contribution in [2.24, 2.45) is 0 Å². The molecule has 0 bridgehead atoms. The zero-order valence-corrected chi connectivity index (χ0v) is 12.6. The number of rotatable bonds is 2. The van der Waals surface area contributed by atoms with Crippen molar-refractivity contribution in [1.29, 1.82) is 0 Å². The van der Waals surface area contributed by atoms with Gasteiger partial charge in [0.15, 0.2) is 0 Å². The maximum Gasteiger partial charge on any atom is 0.205 e. The number of aryl methyl sites for hydroxylation is 1. The van der Waals surface area contributed by atoms with Crippen LogP contribution in [-0.2, 0) is 0 Å². The third kappa shape index (κ3) is 2.23. The average Bonchev–Trinajstić information content (AvgIpc) is 2.96. The topological polar surface area (TPSA) is 80.5 Å². The number of aromatic nitrogens is 4. The Morgan fingerprint density at radius 1 is 0.913 bits per heavy atom. The normalized spacial score (nSPS) is 11.0. The van der Waals surface area contributed by atoms with E-state index in [2.05, 4.69) is 39.5 Å². The summed E-state index contributed by atoms with van der Waals surface area (Å²) in [5, 5.41) is 16.4. The minimum absolute atomic E-state index is 0.502. The van der Waals surface area contributed by atoms with Gasteiger partial charge in [0.25, 0.3) is 0 Å². The lowest BCUT2D eigenvalue weighted by Crippen LogP contribution is -1.96. The van der Waals surface area contributed by atoms with Crippen molar-refractivity contribution in [3.63, 3.8) is 0 Å². The Kier molecular flexibility index (Phi) is 3.05. The first-order valence-corrected chi connectivity index (χ1v) is 7.37. The van der Waals surface area contributed by atoms with E-state index in [1.54, 1.807) is 0 Å². The molecular formula is C18H15N5. The highest BCUT2D eigenvalue weighted by molar-refractivity contribution is 6.04. The first kappa shape index (κ1) is 13.5. The van der Waals surface area contributed by atoms with Gasteiger partial charge in [0.1, 0.15) is 11.5 Å². The minimum Gasteiger partial charge on any atom is -0.383 e. The highest BCUT2D eigenvalue weighted by Gasteiger charge is 2.18. The van der Waals surface area contributed by atoms with Gasteiger partial charge in [-0.3, -0.25) is 5.10 Å². The molecule has 0 aliphatic carbocycles. The second-order valence-electron chi connectivity index (χ2n) is 5.50. The fourth-order valence-corrected chi connectivity index (χ4v) is 2.81. The largest absolute Gasteiger partial charge is 0.383 e. The molecule has 0 atom stereocenters. The van der Waals surface area contributed by atoms with E-state index in [9.17, 15) is 0 Å². The Bertz CT molecular complexity index is 989. The molecule has 2 heterocycles. The van der Waals surface area contributed by atoms with E-state index in [1.165, 1.54) is 5.56 Å². The van der Waals surface area contributed by atoms with Gasteiger partial charge in [0.05, 0.1) is 5.39 Å². The van der Waals surface area contributed by atoms with Gasteiger partial charge in [0.2, 0.25) is 5.65 Å². The molecule has 2 aromatic carbocycles. The highest BCUT2D eigenvalue weighted by atomic mass is 15.2. The molecule has 0 fully saturated rings. The van der Waals surface area contributed by atoms with E-state index in [0.717, 1.165) is 27.8 Å². The first-order valence-electron chi connectivity index (χ1n) is 7.37. The van der Waals surface area contributed by atoms with Crippen molar-refractivity contribution in [3.8, 4) is 22.4 Å². The molecule has 4 rings (SSSR count). The number of fused-ring (bicyclic) bond motifs is 1. The van der Waals surface area contributed by atoms with Crippen LogP contribution in [0.25, 0.3) is 33.4 Å². The summed E-state index contributed by atoms with van der Waals surface area (Å²) in [5.74, 6) is 0.502. The van der Waals surface area contributed by atoms with E-state index in [1.807, 2.05) is 42.5 Å². The van der Waals surface area contributed by atoms with Crippen molar-refractivity contribution in [2.45, 2.75) is 6.92 Å². The molecule has 4 aromatic rings. The van der Waals surface area contributed by atoms with Crippen LogP contribution in [0.1, 0.15) is 5.56 Å².